The number of amides is 4. The average Bonchev–Trinajstić information content (AvgIpc) is 2.85. The molecule has 2 saturated heterocycles. The van der Waals surface area contributed by atoms with Gasteiger partial charge in [0.05, 0.1) is 15.9 Å². The summed E-state index contributed by atoms with van der Waals surface area (Å²) in [7, 11) is -2.71. The third kappa shape index (κ3) is 3.38. The Morgan fingerprint density at radius 1 is 1.08 bits per heavy atom. The van der Waals surface area contributed by atoms with E-state index < -0.39 is 44.2 Å². The van der Waals surface area contributed by atoms with E-state index in [9.17, 15) is 32.9 Å². The third-order valence-corrected chi connectivity index (χ3v) is 9.12. The van der Waals surface area contributed by atoms with Crippen LogP contribution >= 0.6 is 0 Å². The summed E-state index contributed by atoms with van der Waals surface area (Å²) in [5.74, 6) is -1.63. The molecular weight excluding hydrogens is 490 g/mol. The molecule has 188 valence electrons. The lowest BCUT2D eigenvalue weighted by Gasteiger charge is -2.54. The number of hydrogen-bond acceptors (Lipinski definition) is 8. The van der Waals surface area contributed by atoms with Crippen LogP contribution in [0.25, 0.3) is 0 Å². The zero-order chi connectivity index (χ0) is 26.0. The Morgan fingerprint density at radius 3 is 2.44 bits per heavy atom. The minimum atomic E-state index is -3.95. The number of anilines is 1. The number of benzene rings is 2. The topological polar surface area (TPSA) is 150 Å². The predicted octanol–water partition coefficient (Wildman–Crippen LogP) is 1.03. The van der Waals surface area contributed by atoms with Gasteiger partial charge in [-0.1, -0.05) is 17.7 Å². The molecule has 0 saturated carbocycles. The first-order valence-corrected chi connectivity index (χ1v) is 12.6. The number of rotatable bonds is 3. The molecule has 2 fully saturated rings. The highest BCUT2D eigenvalue weighted by molar-refractivity contribution is 7.89. The van der Waals surface area contributed by atoms with E-state index in [2.05, 4.69) is 5.32 Å². The monoisotopic (exact) mass is 513 g/mol. The number of hydrogen-bond donors (Lipinski definition) is 1. The van der Waals surface area contributed by atoms with E-state index in [0.29, 0.717) is 11.3 Å². The van der Waals surface area contributed by atoms with Gasteiger partial charge in [0, 0.05) is 50.9 Å². The van der Waals surface area contributed by atoms with Crippen molar-refractivity contribution < 1.29 is 27.7 Å². The van der Waals surface area contributed by atoms with E-state index in [4.69, 9.17) is 0 Å². The van der Waals surface area contributed by atoms with Crippen LogP contribution in [0.15, 0.2) is 47.4 Å². The Balaban J connectivity index is 1.63. The van der Waals surface area contributed by atoms with E-state index in [1.165, 1.54) is 35.6 Å². The molecule has 0 aliphatic carbocycles. The van der Waals surface area contributed by atoms with Crippen LogP contribution in [0, 0.1) is 22.5 Å². The van der Waals surface area contributed by atoms with Crippen molar-refractivity contribution in [1.29, 1.82) is 0 Å². The van der Waals surface area contributed by atoms with Gasteiger partial charge in [-0.2, -0.15) is 4.31 Å². The zero-order valence-corrected chi connectivity index (χ0v) is 20.3. The fourth-order valence-electron chi connectivity index (χ4n) is 5.30. The summed E-state index contributed by atoms with van der Waals surface area (Å²) >= 11 is 0. The number of fused-ring (bicyclic) bond motifs is 4. The fourth-order valence-corrected chi connectivity index (χ4v) is 6.74. The number of barbiturate groups is 1. The van der Waals surface area contributed by atoms with Crippen LogP contribution in [-0.4, -0.2) is 73.1 Å². The number of sulfonamides is 1. The van der Waals surface area contributed by atoms with Crippen LogP contribution in [0.5, 0.6) is 0 Å². The molecule has 1 spiro atoms. The van der Waals surface area contributed by atoms with Crippen molar-refractivity contribution in [3.8, 4) is 0 Å². The third-order valence-electron chi connectivity index (χ3n) is 7.24. The largest absolute Gasteiger partial charge is 0.364 e. The molecule has 2 aromatic carbocycles. The molecule has 0 unspecified atom stereocenters. The van der Waals surface area contributed by atoms with Gasteiger partial charge in [-0.15, -0.1) is 0 Å². The Hall–Kier alpha value is -3.84. The maximum Gasteiger partial charge on any atom is 0.330 e. The second-order valence-electron chi connectivity index (χ2n) is 9.23. The summed E-state index contributed by atoms with van der Waals surface area (Å²) in [4.78, 5) is 52.6. The maximum atomic E-state index is 13.6. The minimum Gasteiger partial charge on any atom is -0.364 e. The van der Waals surface area contributed by atoms with Crippen molar-refractivity contribution in [2.75, 3.05) is 31.6 Å². The molecule has 1 N–H and O–H groups in total. The van der Waals surface area contributed by atoms with E-state index in [-0.39, 0.29) is 36.6 Å². The molecule has 3 aliphatic rings. The van der Waals surface area contributed by atoms with Gasteiger partial charge in [0.15, 0.2) is 5.41 Å². The standard InChI is InChI=1S/C23H23N5O7S/c1-14-3-6-17(7-4-14)36(34,35)26-9-10-27-18-8-5-16(28(32)33)11-15(18)12-23(19(27)13-26)20(29)24-22(31)25(2)21(23)30/h3-8,11,19H,9-10,12-13H2,1-2H3,(H,24,29,31)/t19-,23+/m0/s1. The first-order chi connectivity index (χ1) is 17.0. The van der Waals surface area contributed by atoms with Crippen LogP contribution in [-0.2, 0) is 26.0 Å². The van der Waals surface area contributed by atoms with Crippen LogP contribution < -0.4 is 10.2 Å². The first-order valence-electron chi connectivity index (χ1n) is 11.2. The lowest BCUT2D eigenvalue weighted by Crippen LogP contribution is -2.74. The van der Waals surface area contributed by atoms with Crippen molar-refractivity contribution >= 4 is 39.2 Å². The minimum absolute atomic E-state index is 0.0732. The van der Waals surface area contributed by atoms with Gasteiger partial charge in [-0.25, -0.2) is 13.2 Å². The van der Waals surface area contributed by atoms with Crippen LogP contribution in [0.4, 0.5) is 16.2 Å². The number of nitro benzene ring substituents is 1. The summed E-state index contributed by atoms with van der Waals surface area (Å²) < 4.78 is 28.2. The number of carbonyl (C=O) groups is 3. The Bertz CT molecular complexity index is 1420. The lowest BCUT2D eigenvalue weighted by atomic mass is 9.68. The van der Waals surface area contributed by atoms with Gasteiger partial charge < -0.3 is 4.90 Å². The molecule has 4 amide bonds. The quantitative estimate of drug-likeness (QED) is 0.363. The SMILES string of the molecule is Cc1ccc(S(=O)(=O)N2CCN3c4ccc([N+](=O)[O-])cc4C[C@]4(C(=O)NC(=O)N(C)C4=O)[C@@H]3C2)cc1. The molecule has 2 aromatic rings. The van der Waals surface area contributed by atoms with Gasteiger partial charge in [-0.3, -0.25) is 29.9 Å². The summed E-state index contributed by atoms with van der Waals surface area (Å²) in [6, 6.07) is 8.77. The molecule has 12 nitrogen and oxygen atoms in total. The highest BCUT2D eigenvalue weighted by Gasteiger charge is 2.63. The van der Waals surface area contributed by atoms with Crippen molar-refractivity contribution in [3.63, 3.8) is 0 Å². The number of nitrogens with one attached hydrogen (secondary N) is 1. The average molecular weight is 514 g/mol. The summed E-state index contributed by atoms with van der Waals surface area (Å²) in [5, 5.41) is 13.6. The number of piperazine rings is 1. The maximum absolute atomic E-state index is 13.6. The smallest absolute Gasteiger partial charge is 0.330 e. The number of imide groups is 2. The van der Waals surface area contributed by atoms with Gasteiger partial charge in [0.2, 0.25) is 21.8 Å². The number of aryl methyl sites for hydroxylation is 1. The number of nitrogens with zero attached hydrogens (tertiary/aromatic N) is 4. The van der Waals surface area contributed by atoms with E-state index in [0.717, 1.165) is 10.5 Å². The molecule has 36 heavy (non-hydrogen) atoms. The molecule has 3 heterocycles. The zero-order valence-electron chi connectivity index (χ0n) is 19.5. The number of non-ortho nitro benzene ring substituents is 1. The second kappa shape index (κ2) is 8.10. The lowest BCUT2D eigenvalue weighted by molar-refractivity contribution is -0.384. The number of urea groups is 1. The van der Waals surface area contributed by atoms with Crippen LogP contribution in [0.2, 0.25) is 0 Å². The normalized spacial score (nSPS) is 24.4. The van der Waals surface area contributed by atoms with Gasteiger partial charge in [0.25, 0.3) is 5.69 Å². The van der Waals surface area contributed by atoms with Crippen molar-refractivity contribution in [2.45, 2.75) is 24.3 Å². The van der Waals surface area contributed by atoms with Gasteiger partial charge in [0.1, 0.15) is 0 Å². The van der Waals surface area contributed by atoms with E-state index in [1.807, 2.05) is 6.92 Å². The fraction of sp³-hybridized carbons (Fsp3) is 0.348. The highest BCUT2D eigenvalue weighted by Crippen LogP contribution is 2.46. The molecule has 0 radical (unpaired) electrons. The Labute approximate surface area is 206 Å². The number of nitro groups is 1. The molecular formula is C23H23N5O7S. The molecule has 2 atom stereocenters. The molecule has 0 bridgehead atoms. The highest BCUT2D eigenvalue weighted by atomic mass is 32.2. The summed E-state index contributed by atoms with van der Waals surface area (Å²) in [6.45, 7) is 1.87. The van der Waals surface area contributed by atoms with Crippen LogP contribution in [0.3, 0.4) is 0 Å². The van der Waals surface area contributed by atoms with E-state index in [1.54, 1.807) is 23.1 Å². The van der Waals surface area contributed by atoms with Gasteiger partial charge in [-0.05, 0) is 30.7 Å². The Kier molecular flexibility index (Phi) is 5.37. The van der Waals surface area contributed by atoms with Crippen molar-refractivity contribution in [1.82, 2.24) is 14.5 Å². The van der Waals surface area contributed by atoms with E-state index >= 15 is 0 Å². The molecule has 0 aromatic heterocycles. The van der Waals surface area contributed by atoms with Crippen LogP contribution in [0.1, 0.15) is 11.1 Å². The van der Waals surface area contributed by atoms with Crippen molar-refractivity contribution in [2.24, 2.45) is 5.41 Å². The second-order valence-corrected chi connectivity index (χ2v) is 11.2. The molecule has 13 heteroatoms. The van der Waals surface area contributed by atoms with Crippen molar-refractivity contribution in [3.05, 3.63) is 63.7 Å². The molecule has 3 aliphatic heterocycles. The molecule has 5 rings (SSSR count). The predicted molar refractivity (Wildman–Crippen MR) is 127 cm³/mol. The van der Waals surface area contributed by atoms with Gasteiger partial charge >= 0.3 is 6.03 Å². The Morgan fingerprint density at radius 2 is 1.78 bits per heavy atom. The number of carbonyl (C=O) groups excluding carboxylic acids is 3. The summed E-state index contributed by atoms with van der Waals surface area (Å²) in [6.07, 6.45) is -0.216. The summed E-state index contributed by atoms with van der Waals surface area (Å²) in [5.41, 5.74) is -0.166. The first kappa shape index (κ1) is 23.9.